The predicted molar refractivity (Wildman–Crippen MR) is 78.8 cm³/mol. The van der Waals surface area contributed by atoms with Gasteiger partial charge in [0.25, 0.3) is 0 Å². The van der Waals surface area contributed by atoms with Crippen molar-refractivity contribution in [2.75, 3.05) is 11.1 Å². The number of hydrogen-bond donors (Lipinski definition) is 1. The van der Waals surface area contributed by atoms with Crippen molar-refractivity contribution in [1.29, 1.82) is 0 Å². The van der Waals surface area contributed by atoms with E-state index in [0.717, 1.165) is 24.3 Å². The van der Waals surface area contributed by atoms with Crippen LogP contribution in [0.15, 0.2) is 34.9 Å². The van der Waals surface area contributed by atoms with E-state index in [-0.39, 0.29) is 11.4 Å². The number of anilines is 1. The van der Waals surface area contributed by atoms with E-state index in [1.807, 2.05) is 0 Å². The largest absolute Gasteiger partial charge is 0.416 e. The predicted octanol–water partition coefficient (Wildman–Crippen LogP) is 2.56. The number of carbonyl (C=O) groups excluding carboxylic acids is 1. The van der Waals surface area contributed by atoms with Gasteiger partial charge in [-0.15, -0.1) is 0 Å². The summed E-state index contributed by atoms with van der Waals surface area (Å²) in [6, 6.07) is 5.12. The number of amides is 1. The smallest absolute Gasteiger partial charge is 0.361 e. The van der Waals surface area contributed by atoms with Crippen LogP contribution in [0.3, 0.4) is 0 Å². The number of alkyl halides is 3. The van der Waals surface area contributed by atoms with Crippen molar-refractivity contribution in [1.82, 2.24) is 5.16 Å². The van der Waals surface area contributed by atoms with Crippen LogP contribution in [0.5, 0.6) is 0 Å². The van der Waals surface area contributed by atoms with E-state index in [1.54, 1.807) is 6.92 Å². The van der Waals surface area contributed by atoms with Gasteiger partial charge in [-0.3, -0.25) is 4.79 Å². The molecule has 0 aliphatic carbocycles. The molecule has 130 valence electrons. The molecule has 2 rings (SSSR count). The highest BCUT2D eigenvalue weighted by atomic mass is 32.2. The first-order chi connectivity index (χ1) is 11.0. The molecule has 1 N–H and O–H groups in total. The Kier molecular flexibility index (Phi) is 4.97. The zero-order chi connectivity index (χ0) is 18.0. The van der Waals surface area contributed by atoms with Crippen LogP contribution < -0.4 is 5.32 Å². The summed E-state index contributed by atoms with van der Waals surface area (Å²) in [5.41, 5.74) is -0.621. The van der Waals surface area contributed by atoms with E-state index in [0.29, 0.717) is 5.76 Å². The molecule has 6 nitrogen and oxygen atoms in total. The van der Waals surface area contributed by atoms with Crippen molar-refractivity contribution in [2.24, 2.45) is 0 Å². The van der Waals surface area contributed by atoms with E-state index in [9.17, 15) is 26.4 Å². The molecule has 24 heavy (non-hydrogen) atoms. The van der Waals surface area contributed by atoms with Crippen molar-refractivity contribution >= 4 is 21.4 Å². The Morgan fingerprint density at radius 2 is 1.88 bits per heavy atom. The number of halogens is 3. The molecule has 0 fully saturated rings. The molecule has 0 atom stereocenters. The summed E-state index contributed by atoms with van der Waals surface area (Å²) in [7, 11) is -3.79. The molecule has 0 aliphatic rings. The Bertz CT molecular complexity index is 826. The number of nitrogens with one attached hydrogen (secondary N) is 1. The number of benzene rings is 1. The van der Waals surface area contributed by atoms with Crippen LogP contribution in [-0.2, 0) is 26.6 Å². The first kappa shape index (κ1) is 18.0. The van der Waals surface area contributed by atoms with Gasteiger partial charge in [0.1, 0.15) is 11.5 Å². The monoisotopic (exact) mass is 362 g/mol. The first-order valence-electron chi connectivity index (χ1n) is 6.65. The topological polar surface area (TPSA) is 89.3 Å². The summed E-state index contributed by atoms with van der Waals surface area (Å²) in [5, 5.41) is 5.77. The Labute approximate surface area is 135 Å². The molecule has 10 heteroatoms. The number of aryl methyl sites for hydroxylation is 1. The normalized spacial score (nSPS) is 12.2. The number of aromatic nitrogens is 1. The second kappa shape index (κ2) is 6.63. The van der Waals surface area contributed by atoms with Crippen LogP contribution in [0.1, 0.15) is 17.0 Å². The fraction of sp³-hybridized carbons (Fsp3) is 0.286. The van der Waals surface area contributed by atoms with Crippen molar-refractivity contribution < 1.29 is 30.9 Å². The average Bonchev–Trinajstić information content (AvgIpc) is 2.81. The van der Waals surface area contributed by atoms with Crippen molar-refractivity contribution in [3.8, 4) is 0 Å². The zero-order valence-electron chi connectivity index (χ0n) is 12.4. The summed E-state index contributed by atoms with van der Waals surface area (Å²) in [6.45, 7) is 1.60. The number of sulfone groups is 1. The van der Waals surface area contributed by atoms with E-state index in [1.165, 1.54) is 6.07 Å². The minimum atomic E-state index is -4.48. The maximum atomic E-state index is 12.4. The lowest BCUT2D eigenvalue weighted by atomic mass is 10.2. The minimum Gasteiger partial charge on any atom is -0.361 e. The fourth-order valence-corrected chi connectivity index (χ4v) is 3.06. The van der Waals surface area contributed by atoms with E-state index >= 15 is 0 Å². The van der Waals surface area contributed by atoms with E-state index in [4.69, 9.17) is 4.52 Å². The van der Waals surface area contributed by atoms with E-state index < -0.39 is 39.0 Å². The lowest BCUT2D eigenvalue weighted by molar-refractivity contribution is -0.137. The van der Waals surface area contributed by atoms with Gasteiger partial charge in [-0.1, -0.05) is 5.16 Å². The molecule has 1 aromatic heterocycles. The molecule has 0 saturated heterocycles. The molecule has 0 bridgehead atoms. The molecular weight excluding hydrogens is 349 g/mol. The fourth-order valence-electron chi connectivity index (χ4n) is 1.90. The van der Waals surface area contributed by atoms with Crippen LogP contribution in [0.25, 0.3) is 0 Å². The molecule has 0 aliphatic heterocycles. The van der Waals surface area contributed by atoms with Gasteiger partial charge in [0.2, 0.25) is 5.91 Å². The van der Waals surface area contributed by atoms with Crippen LogP contribution >= 0.6 is 0 Å². The summed E-state index contributed by atoms with van der Waals surface area (Å²) in [5.74, 6) is -1.70. The van der Waals surface area contributed by atoms with Gasteiger partial charge in [-0.2, -0.15) is 13.2 Å². The Balaban J connectivity index is 1.97. The van der Waals surface area contributed by atoms with Crippen LogP contribution in [0.2, 0.25) is 0 Å². The van der Waals surface area contributed by atoms with Gasteiger partial charge >= 0.3 is 6.18 Å². The lowest BCUT2D eigenvalue weighted by Crippen LogP contribution is -2.24. The minimum absolute atomic E-state index is 0.0699. The zero-order valence-corrected chi connectivity index (χ0v) is 13.2. The summed E-state index contributed by atoms with van der Waals surface area (Å²) < 4.78 is 65.9. The third kappa shape index (κ3) is 5.08. The van der Waals surface area contributed by atoms with Gasteiger partial charge in [-0.25, -0.2) is 8.42 Å². The maximum absolute atomic E-state index is 12.4. The van der Waals surface area contributed by atoms with Gasteiger partial charge < -0.3 is 9.84 Å². The van der Waals surface area contributed by atoms with Crippen LogP contribution in [0.4, 0.5) is 18.9 Å². The van der Waals surface area contributed by atoms with Crippen molar-refractivity contribution in [2.45, 2.75) is 18.9 Å². The second-order valence-corrected chi connectivity index (χ2v) is 7.15. The van der Waals surface area contributed by atoms with Gasteiger partial charge in [0.05, 0.1) is 17.0 Å². The Morgan fingerprint density at radius 1 is 1.25 bits per heavy atom. The lowest BCUT2D eigenvalue weighted by Gasteiger charge is -2.09. The highest BCUT2D eigenvalue weighted by Crippen LogP contribution is 2.29. The molecule has 0 radical (unpaired) electrons. The summed E-state index contributed by atoms with van der Waals surface area (Å²) >= 11 is 0. The SMILES string of the molecule is Cc1cc(CS(=O)(=O)CC(=O)Nc2ccc(C(F)(F)F)cc2)no1. The number of hydrogen-bond acceptors (Lipinski definition) is 5. The molecule has 1 heterocycles. The number of rotatable bonds is 5. The highest BCUT2D eigenvalue weighted by molar-refractivity contribution is 7.91. The molecule has 2 aromatic rings. The van der Waals surface area contributed by atoms with Crippen LogP contribution in [0, 0.1) is 6.92 Å². The molecule has 0 saturated carbocycles. The Hall–Kier alpha value is -2.36. The Morgan fingerprint density at radius 3 is 2.38 bits per heavy atom. The van der Waals surface area contributed by atoms with Gasteiger partial charge in [0, 0.05) is 11.8 Å². The summed E-state index contributed by atoms with van der Waals surface area (Å²) in [4.78, 5) is 11.7. The third-order valence-corrected chi connectivity index (χ3v) is 4.33. The second-order valence-electron chi connectivity index (χ2n) is 5.08. The highest BCUT2D eigenvalue weighted by Gasteiger charge is 2.30. The third-order valence-electron chi connectivity index (χ3n) is 2.89. The van der Waals surface area contributed by atoms with E-state index in [2.05, 4.69) is 10.5 Å². The van der Waals surface area contributed by atoms with Crippen molar-refractivity contribution in [3.05, 3.63) is 47.3 Å². The first-order valence-corrected chi connectivity index (χ1v) is 8.47. The molecule has 0 unspecified atom stereocenters. The standard InChI is InChI=1S/C14H13F3N2O4S/c1-9-6-12(19-23-9)7-24(21,22)8-13(20)18-11-4-2-10(3-5-11)14(15,16)17/h2-6H,7-8H2,1H3,(H,18,20). The quantitative estimate of drug-likeness (QED) is 0.883. The molecule has 1 amide bonds. The van der Waals surface area contributed by atoms with Crippen LogP contribution in [-0.4, -0.2) is 25.2 Å². The van der Waals surface area contributed by atoms with Gasteiger partial charge in [-0.05, 0) is 31.2 Å². The molecular formula is C14H13F3N2O4S. The molecule has 0 spiro atoms. The summed E-state index contributed by atoms with van der Waals surface area (Å²) in [6.07, 6.45) is -4.48. The molecule has 1 aromatic carbocycles. The van der Waals surface area contributed by atoms with Gasteiger partial charge in [0.15, 0.2) is 9.84 Å². The number of nitrogens with zero attached hydrogens (tertiary/aromatic N) is 1. The maximum Gasteiger partial charge on any atom is 0.416 e. The number of carbonyl (C=O) groups is 1. The van der Waals surface area contributed by atoms with Crippen molar-refractivity contribution in [3.63, 3.8) is 0 Å². The average molecular weight is 362 g/mol.